The zero-order valence-corrected chi connectivity index (χ0v) is 10.6. The molecule has 0 aliphatic heterocycles. The van der Waals surface area contributed by atoms with Crippen molar-refractivity contribution >= 4 is 36.9 Å². The van der Waals surface area contributed by atoms with Crippen LogP contribution in [0.1, 0.15) is 5.69 Å². The highest BCUT2D eigenvalue weighted by molar-refractivity contribution is 9.10. The molecule has 0 aliphatic rings. The number of pyridine rings is 1. The Hall–Kier alpha value is -0.980. The van der Waals surface area contributed by atoms with Crippen LogP contribution in [0.4, 0.5) is 0 Å². The Balaban J connectivity index is 2.49. The zero-order chi connectivity index (χ0) is 11.8. The minimum atomic E-state index is -3.53. The largest absolute Gasteiger partial charge is 0.252 e. The molecule has 0 aliphatic carbocycles. The van der Waals surface area contributed by atoms with Crippen molar-refractivity contribution in [2.75, 3.05) is 0 Å². The predicted octanol–water partition coefficient (Wildman–Crippen LogP) is 1.79. The number of aromatic nitrogens is 1. The number of primary sulfonamides is 1. The van der Waals surface area contributed by atoms with E-state index in [0.29, 0.717) is 5.69 Å². The molecular weight excluding hydrogens is 292 g/mol. The fraction of sp³-hybridized carbons (Fsp3) is 0.100. The highest BCUT2D eigenvalue weighted by Crippen LogP contribution is 2.18. The average Bonchev–Trinajstić information content (AvgIpc) is 2.16. The van der Waals surface area contributed by atoms with E-state index in [4.69, 9.17) is 5.14 Å². The molecule has 0 fully saturated rings. The van der Waals surface area contributed by atoms with Gasteiger partial charge in [0.1, 0.15) is 5.75 Å². The summed E-state index contributed by atoms with van der Waals surface area (Å²) in [4.78, 5) is 4.22. The molecule has 0 spiro atoms. The topological polar surface area (TPSA) is 73.1 Å². The molecule has 6 heteroatoms. The Labute approximate surface area is 102 Å². The van der Waals surface area contributed by atoms with Crippen LogP contribution in [0.5, 0.6) is 0 Å². The summed E-state index contributed by atoms with van der Waals surface area (Å²) in [5.41, 5.74) is 1.21. The normalized spacial score (nSPS) is 11.9. The molecule has 0 radical (unpaired) electrons. The SMILES string of the molecule is NS(=O)(=O)Cc1ccc2cc(Br)ccc2n1. The summed E-state index contributed by atoms with van der Waals surface area (Å²) in [5, 5.41) is 5.91. The van der Waals surface area contributed by atoms with Gasteiger partial charge in [-0.05, 0) is 24.3 Å². The molecule has 0 saturated heterocycles. The van der Waals surface area contributed by atoms with Crippen molar-refractivity contribution in [1.82, 2.24) is 4.98 Å². The molecule has 2 rings (SSSR count). The zero-order valence-electron chi connectivity index (χ0n) is 8.22. The second-order valence-electron chi connectivity index (χ2n) is 3.45. The van der Waals surface area contributed by atoms with Gasteiger partial charge in [-0.3, -0.25) is 4.98 Å². The van der Waals surface area contributed by atoms with Gasteiger partial charge in [0.2, 0.25) is 10.0 Å². The van der Waals surface area contributed by atoms with Crippen molar-refractivity contribution in [1.29, 1.82) is 0 Å². The first-order valence-corrected chi connectivity index (χ1v) is 7.00. The third-order valence-electron chi connectivity index (χ3n) is 2.06. The van der Waals surface area contributed by atoms with Gasteiger partial charge < -0.3 is 0 Å². The van der Waals surface area contributed by atoms with E-state index < -0.39 is 10.0 Å². The maximum Gasteiger partial charge on any atom is 0.214 e. The van der Waals surface area contributed by atoms with Gasteiger partial charge in [-0.2, -0.15) is 0 Å². The number of halogens is 1. The first kappa shape index (κ1) is 11.5. The van der Waals surface area contributed by atoms with Gasteiger partial charge in [0.05, 0.1) is 11.2 Å². The molecule has 0 amide bonds. The molecular formula is C10H9BrN2O2S. The lowest BCUT2D eigenvalue weighted by atomic mass is 10.2. The summed E-state index contributed by atoms with van der Waals surface area (Å²) in [6, 6.07) is 9.10. The second-order valence-corrected chi connectivity index (χ2v) is 5.98. The Morgan fingerprint density at radius 1 is 1.25 bits per heavy atom. The number of sulfonamides is 1. The monoisotopic (exact) mass is 300 g/mol. The lowest BCUT2D eigenvalue weighted by molar-refractivity contribution is 0.596. The van der Waals surface area contributed by atoms with Crippen molar-refractivity contribution in [3.8, 4) is 0 Å². The van der Waals surface area contributed by atoms with Crippen LogP contribution < -0.4 is 5.14 Å². The van der Waals surface area contributed by atoms with E-state index in [2.05, 4.69) is 20.9 Å². The van der Waals surface area contributed by atoms with Crippen LogP contribution in [0.25, 0.3) is 10.9 Å². The molecule has 2 N–H and O–H groups in total. The first-order chi connectivity index (χ1) is 7.44. The lowest BCUT2D eigenvalue weighted by Crippen LogP contribution is -2.15. The molecule has 0 atom stereocenters. The average molecular weight is 301 g/mol. The van der Waals surface area contributed by atoms with Gasteiger partial charge in [-0.15, -0.1) is 0 Å². The minimum absolute atomic E-state index is 0.237. The third kappa shape index (κ3) is 2.78. The van der Waals surface area contributed by atoms with E-state index >= 15 is 0 Å². The van der Waals surface area contributed by atoms with Crippen molar-refractivity contribution in [3.63, 3.8) is 0 Å². The maximum absolute atomic E-state index is 10.9. The Bertz CT molecular complexity index is 640. The number of nitrogens with zero attached hydrogens (tertiary/aromatic N) is 1. The van der Waals surface area contributed by atoms with E-state index in [1.165, 1.54) is 0 Å². The lowest BCUT2D eigenvalue weighted by Gasteiger charge is -2.02. The van der Waals surface area contributed by atoms with E-state index in [0.717, 1.165) is 15.4 Å². The number of nitrogens with two attached hydrogens (primary N) is 1. The van der Waals surface area contributed by atoms with Gasteiger partial charge in [0, 0.05) is 9.86 Å². The fourth-order valence-corrected chi connectivity index (χ4v) is 2.38. The second kappa shape index (κ2) is 4.12. The van der Waals surface area contributed by atoms with Crippen LogP contribution in [0.3, 0.4) is 0 Å². The number of hydrogen-bond donors (Lipinski definition) is 1. The molecule has 1 aromatic heterocycles. The molecule has 1 heterocycles. The van der Waals surface area contributed by atoms with Crippen molar-refractivity contribution in [2.45, 2.75) is 5.75 Å². The predicted molar refractivity (Wildman–Crippen MR) is 66.3 cm³/mol. The highest BCUT2D eigenvalue weighted by Gasteiger charge is 2.06. The molecule has 0 saturated carbocycles. The number of hydrogen-bond acceptors (Lipinski definition) is 3. The Morgan fingerprint density at radius 3 is 2.69 bits per heavy atom. The molecule has 0 unspecified atom stereocenters. The summed E-state index contributed by atoms with van der Waals surface area (Å²) >= 11 is 3.36. The van der Waals surface area contributed by atoms with E-state index in [9.17, 15) is 8.42 Å². The molecule has 16 heavy (non-hydrogen) atoms. The van der Waals surface area contributed by atoms with E-state index in [-0.39, 0.29) is 5.75 Å². The molecule has 0 bridgehead atoms. The van der Waals surface area contributed by atoms with Crippen LogP contribution in [-0.2, 0) is 15.8 Å². The quantitative estimate of drug-likeness (QED) is 0.919. The summed E-state index contributed by atoms with van der Waals surface area (Å²) in [7, 11) is -3.53. The number of fused-ring (bicyclic) bond motifs is 1. The highest BCUT2D eigenvalue weighted by atomic mass is 79.9. The van der Waals surface area contributed by atoms with E-state index in [1.54, 1.807) is 6.07 Å². The van der Waals surface area contributed by atoms with Gasteiger partial charge in [-0.1, -0.05) is 22.0 Å². The standard InChI is InChI=1S/C10H9BrN2O2S/c11-8-2-4-10-7(5-8)1-3-9(13-10)6-16(12,14)15/h1-5H,6H2,(H2,12,14,15). The molecule has 2 aromatic rings. The summed E-state index contributed by atoms with van der Waals surface area (Å²) in [5.74, 6) is -0.237. The maximum atomic E-state index is 10.9. The van der Waals surface area contributed by atoms with Crippen LogP contribution >= 0.6 is 15.9 Å². The van der Waals surface area contributed by atoms with Crippen LogP contribution in [0, 0.1) is 0 Å². The van der Waals surface area contributed by atoms with Crippen molar-refractivity contribution in [3.05, 3.63) is 40.5 Å². The fourth-order valence-electron chi connectivity index (χ4n) is 1.43. The third-order valence-corrected chi connectivity index (χ3v) is 3.25. The van der Waals surface area contributed by atoms with Gasteiger partial charge in [-0.25, -0.2) is 13.6 Å². The summed E-state index contributed by atoms with van der Waals surface area (Å²) < 4.78 is 22.8. The minimum Gasteiger partial charge on any atom is -0.252 e. The van der Waals surface area contributed by atoms with Crippen LogP contribution in [0.2, 0.25) is 0 Å². The number of benzene rings is 1. The van der Waals surface area contributed by atoms with Crippen LogP contribution in [-0.4, -0.2) is 13.4 Å². The van der Waals surface area contributed by atoms with Crippen LogP contribution in [0.15, 0.2) is 34.8 Å². The smallest absolute Gasteiger partial charge is 0.214 e. The van der Waals surface area contributed by atoms with Gasteiger partial charge in [0.25, 0.3) is 0 Å². The first-order valence-electron chi connectivity index (χ1n) is 4.50. The van der Waals surface area contributed by atoms with Gasteiger partial charge in [0.15, 0.2) is 0 Å². The Morgan fingerprint density at radius 2 is 2.00 bits per heavy atom. The molecule has 4 nitrogen and oxygen atoms in total. The van der Waals surface area contributed by atoms with Crippen molar-refractivity contribution < 1.29 is 8.42 Å². The van der Waals surface area contributed by atoms with E-state index in [1.807, 2.05) is 24.3 Å². The Kier molecular flexibility index (Phi) is 2.96. The molecule has 1 aromatic carbocycles. The number of rotatable bonds is 2. The van der Waals surface area contributed by atoms with Crippen molar-refractivity contribution in [2.24, 2.45) is 5.14 Å². The summed E-state index contributed by atoms with van der Waals surface area (Å²) in [6.07, 6.45) is 0. The van der Waals surface area contributed by atoms with Gasteiger partial charge >= 0.3 is 0 Å². The molecule has 84 valence electrons. The summed E-state index contributed by atoms with van der Waals surface area (Å²) in [6.45, 7) is 0.